The molecule has 110 valence electrons. The summed E-state index contributed by atoms with van der Waals surface area (Å²) < 4.78 is 1.02. The lowest BCUT2D eigenvalue weighted by Gasteiger charge is -2.09. The van der Waals surface area contributed by atoms with Crippen molar-refractivity contribution in [1.29, 1.82) is 0 Å². The zero-order valence-electron chi connectivity index (χ0n) is 12.2. The lowest BCUT2D eigenvalue weighted by atomic mass is 9.99. The third-order valence-electron chi connectivity index (χ3n) is 3.72. The maximum atomic E-state index is 12.3. The SMILES string of the molecule is Cc1c(CC(=O)Cc2cccnc2)cnc2ccc(Br)cc12. The van der Waals surface area contributed by atoms with Crippen LogP contribution in [0.4, 0.5) is 0 Å². The molecule has 0 spiro atoms. The van der Waals surface area contributed by atoms with Gasteiger partial charge >= 0.3 is 0 Å². The number of ketones is 1. The van der Waals surface area contributed by atoms with Crippen molar-refractivity contribution in [1.82, 2.24) is 9.97 Å². The second kappa shape index (κ2) is 6.36. The molecule has 0 saturated heterocycles. The first-order valence-electron chi connectivity index (χ1n) is 7.08. The third-order valence-corrected chi connectivity index (χ3v) is 4.21. The van der Waals surface area contributed by atoms with Crippen LogP contribution in [0.1, 0.15) is 16.7 Å². The molecule has 3 aromatic rings. The standard InChI is InChI=1S/C18H15BrN2O/c1-12-14(8-16(22)7-13-3-2-6-20-10-13)11-21-18-5-4-15(19)9-17(12)18/h2-6,9-11H,7-8H2,1H3. The molecule has 0 saturated carbocycles. The molecule has 0 fully saturated rings. The Hall–Kier alpha value is -2.07. The van der Waals surface area contributed by atoms with Crippen molar-refractivity contribution in [3.05, 3.63) is 70.1 Å². The Bertz CT molecular complexity index is 831. The van der Waals surface area contributed by atoms with Crippen molar-refractivity contribution >= 4 is 32.6 Å². The molecule has 22 heavy (non-hydrogen) atoms. The number of aryl methyl sites for hydroxylation is 1. The minimum atomic E-state index is 0.173. The van der Waals surface area contributed by atoms with E-state index < -0.39 is 0 Å². The molecule has 0 atom stereocenters. The number of fused-ring (bicyclic) bond motifs is 1. The Balaban J connectivity index is 1.84. The number of halogens is 1. The quantitative estimate of drug-likeness (QED) is 0.709. The van der Waals surface area contributed by atoms with Gasteiger partial charge < -0.3 is 0 Å². The highest BCUT2D eigenvalue weighted by molar-refractivity contribution is 9.10. The summed E-state index contributed by atoms with van der Waals surface area (Å²) in [6.07, 6.45) is 6.07. The Labute approximate surface area is 137 Å². The van der Waals surface area contributed by atoms with E-state index >= 15 is 0 Å². The van der Waals surface area contributed by atoms with E-state index in [1.165, 1.54) is 0 Å². The lowest BCUT2D eigenvalue weighted by molar-refractivity contribution is -0.117. The van der Waals surface area contributed by atoms with Crippen LogP contribution >= 0.6 is 15.9 Å². The number of aromatic nitrogens is 2. The minimum absolute atomic E-state index is 0.173. The minimum Gasteiger partial charge on any atom is -0.299 e. The fourth-order valence-electron chi connectivity index (χ4n) is 2.52. The van der Waals surface area contributed by atoms with Crippen LogP contribution in [-0.4, -0.2) is 15.8 Å². The first-order chi connectivity index (χ1) is 10.6. The van der Waals surface area contributed by atoms with Crippen LogP contribution in [0.2, 0.25) is 0 Å². The summed E-state index contributed by atoms with van der Waals surface area (Å²) in [5, 5.41) is 1.08. The third kappa shape index (κ3) is 3.22. The topological polar surface area (TPSA) is 42.9 Å². The number of hydrogen-bond donors (Lipinski definition) is 0. The van der Waals surface area contributed by atoms with E-state index in [0.29, 0.717) is 12.8 Å². The molecule has 0 aliphatic carbocycles. The van der Waals surface area contributed by atoms with Gasteiger partial charge in [0.2, 0.25) is 0 Å². The van der Waals surface area contributed by atoms with E-state index in [9.17, 15) is 4.79 Å². The molecule has 0 radical (unpaired) electrons. The Morgan fingerprint density at radius 2 is 2.05 bits per heavy atom. The molecule has 2 aromatic heterocycles. The van der Waals surface area contributed by atoms with E-state index in [-0.39, 0.29) is 5.78 Å². The van der Waals surface area contributed by atoms with Gasteiger partial charge in [-0.15, -0.1) is 0 Å². The van der Waals surface area contributed by atoms with Crippen molar-refractivity contribution in [2.75, 3.05) is 0 Å². The summed E-state index contributed by atoms with van der Waals surface area (Å²) in [6.45, 7) is 2.04. The Morgan fingerprint density at radius 1 is 1.18 bits per heavy atom. The molecule has 0 amide bonds. The fraction of sp³-hybridized carbons (Fsp3) is 0.167. The number of carbonyl (C=O) groups is 1. The first-order valence-corrected chi connectivity index (χ1v) is 7.87. The van der Waals surface area contributed by atoms with Gasteiger partial charge in [0.1, 0.15) is 5.78 Å². The number of benzene rings is 1. The molecule has 2 heterocycles. The molecule has 3 rings (SSSR count). The van der Waals surface area contributed by atoms with Gasteiger partial charge in [-0.25, -0.2) is 0 Å². The summed E-state index contributed by atoms with van der Waals surface area (Å²) in [5.74, 6) is 0.173. The highest BCUT2D eigenvalue weighted by Gasteiger charge is 2.10. The van der Waals surface area contributed by atoms with Gasteiger partial charge in [-0.3, -0.25) is 14.8 Å². The van der Waals surface area contributed by atoms with E-state index in [1.54, 1.807) is 12.4 Å². The number of Topliss-reactive ketones (excluding diaryl/α,β-unsaturated/α-hetero) is 1. The van der Waals surface area contributed by atoms with Crippen LogP contribution < -0.4 is 0 Å². The number of carbonyl (C=O) groups excluding carboxylic acids is 1. The molecule has 0 aliphatic heterocycles. The van der Waals surface area contributed by atoms with Crippen molar-refractivity contribution < 1.29 is 4.79 Å². The van der Waals surface area contributed by atoms with Crippen molar-refractivity contribution in [2.45, 2.75) is 19.8 Å². The Kier molecular flexibility index (Phi) is 4.29. The second-order valence-corrected chi connectivity index (χ2v) is 6.24. The van der Waals surface area contributed by atoms with Crippen LogP contribution in [0.25, 0.3) is 10.9 Å². The van der Waals surface area contributed by atoms with Crippen molar-refractivity contribution in [3.63, 3.8) is 0 Å². The van der Waals surface area contributed by atoms with Gasteiger partial charge in [0.25, 0.3) is 0 Å². The maximum absolute atomic E-state index is 12.3. The number of hydrogen-bond acceptors (Lipinski definition) is 3. The van der Waals surface area contributed by atoms with Crippen LogP contribution in [0.3, 0.4) is 0 Å². The summed E-state index contributed by atoms with van der Waals surface area (Å²) in [7, 11) is 0. The highest BCUT2D eigenvalue weighted by Crippen LogP contribution is 2.24. The summed E-state index contributed by atoms with van der Waals surface area (Å²) in [6, 6.07) is 9.78. The predicted molar refractivity (Wildman–Crippen MR) is 90.8 cm³/mol. The first kappa shape index (κ1) is 14.9. The molecule has 0 bridgehead atoms. The molecule has 0 N–H and O–H groups in total. The average Bonchev–Trinajstić information content (AvgIpc) is 2.51. The van der Waals surface area contributed by atoms with Crippen LogP contribution in [-0.2, 0) is 17.6 Å². The zero-order chi connectivity index (χ0) is 15.5. The second-order valence-electron chi connectivity index (χ2n) is 5.32. The molecular formula is C18H15BrN2O. The van der Waals surface area contributed by atoms with Crippen molar-refractivity contribution in [3.8, 4) is 0 Å². The van der Waals surface area contributed by atoms with Gasteiger partial charge in [-0.1, -0.05) is 22.0 Å². The molecule has 4 heteroatoms. The van der Waals surface area contributed by atoms with E-state index in [2.05, 4.69) is 25.9 Å². The highest BCUT2D eigenvalue weighted by atomic mass is 79.9. The molecule has 3 nitrogen and oxygen atoms in total. The van der Waals surface area contributed by atoms with Gasteiger partial charge in [-0.2, -0.15) is 0 Å². The average molecular weight is 355 g/mol. The maximum Gasteiger partial charge on any atom is 0.141 e. The van der Waals surface area contributed by atoms with E-state index in [0.717, 1.165) is 32.1 Å². The summed E-state index contributed by atoms with van der Waals surface area (Å²) >= 11 is 3.48. The zero-order valence-corrected chi connectivity index (χ0v) is 13.8. The molecule has 1 aromatic carbocycles. The molecule has 0 unspecified atom stereocenters. The normalized spacial score (nSPS) is 10.8. The smallest absolute Gasteiger partial charge is 0.141 e. The predicted octanol–water partition coefficient (Wildman–Crippen LogP) is 4.06. The van der Waals surface area contributed by atoms with Gasteiger partial charge in [0, 0.05) is 41.3 Å². The number of rotatable bonds is 4. The van der Waals surface area contributed by atoms with Gasteiger partial charge in [0.05, 0.1) is 5.52 Å². The van der Waals surface area contributed by atoms with Crippen molar-refractivity contribution in [2.24, 2.45) is 0 Å². The fourth-order valence-corrected chi connectivity index (χ4v) is 2.88. The Morgan fingerprint density at radius 3 is 2.82 bits per heavy atom. The molecular weight excluding hydrogens is 340 g/mol. The van der Waals surface area contributed by atoms with Crippen LogP contribution in [0.5, 0.6) is 0 Å². The van der Waals surface area contributed by atoms with Gasteiger partial charge in [-0.05, 0) is 47.9 Å². The summed E-state index contributed by atoms with van der Waals surface area (Å²) in [4.78, 5) is 20.8. The van der Waals surface area contributed by atoms with E-state index in [4.69, 9.17) is 0 Å². The van der Waals surface area contributed by atoms with Crippen LogP contribution in [0.15, 0.2) is 53.4 Å². The van der Waals surface area contributed by atoms with Gasteiger partial charge in [0.15, 0.2) is 0 Å². The summed E-state index contributed by atoms with van der Waals surface area (Å²) in [5.41, 5.74) is 4.00. The van der Waals surface area contributed by atoms with Crippen LogP contribution in [0, 0.1) is 6.92 Å². The number of pyridine rings is 2. The number of nitrogens with zero attached hydrogens (tertiary/aromatic N) is 2. The largest absolute Gasteiger partial charge is 0.299 e. The monoisotopic (exact) mass is 354 g/mol. The van der Waals surface area contributed by atoms with E-state index in [1.807, 2.05) is 43.5 Å². The lowest BCUT2D eigenvalue weighted by Crippen LogP contribution is -2.08. The molecule has 0 aliphatic rings.